The average molecular weight is 321 g/mol. The summed E-state index contributed by atoms with van der Waals surface area (Å²) in [5.41, 5.74) is -0.804. The molecule has 1 aliphatic rings. The number of carboxylic acids is 1. The lowest BCUT2D eigenvalue weighted by Crippen LogP contribution is -2.48. The van der Waals surface area contributed by atoms with Crippen molar-refractivity contribution in [2.24, 2.45) is 5.41 Å². The Labute approximate surface area is 136 Å². The van der Waals surface area contributed by atoms with Gasteiger partial charge >= 0.3 is 5.97 Å². The first kappa shape index (κ1) is 17.1. The van der Waals surface area contributed by atoms with Crippen molar-refractivity contribution < 1.29 is 24.2 Å². The van der Waals surface area contributed by atoms with Gasteiger partial charge in [0.2, 0.25) is 5.91 Å². The molecular weight excluding hydrogens is 298 g/mol. The Balaban J connectivity index is 2.02. The summed E-state index contributed by atoms with van der Waals surface area (Å²) in [7, 11) is 1.58. The van der Waals surface area contributed by atoms with Gasteiger partial charge in [0.05, 0.1) is 12.5 Å². The molecule has 0 bridgehead atoms. The minimum atomic E-state index is -0.944. The van der Waals surface area contributed by atoms with Crippen molar-refractivity contribution in [3.8, 4) is 11.5 Å². The normalized spacial score (nSPS) is 17.9. The van der Waals surface area contributed by atoms with Crippen molar-refractivity contribution in [3.05, 3.63) is 24.3 Å². The molecule has 126 valence electrons. The van der Waals surface area contributed by atoms with Crippen LogP contribution in [0, 0.1) is 5.41 Å². The number of carboxylic acid groups (broad SMARTS) is 1. The number of hydrogen-bond acceptors (Lipinski definition) is 4. The fourth-order valence-electron chi connectivity index (χ4n) is 2.67. The first-order chi connectivity index (χ1) is 10.8. The van der Waals surface area contributed by atoms with Crippen LogP contribution in [0.4, 0.5) is 0 Å². The monoisotopic (exact) mass is 321 g/mol. The number of likely N-dealkylation sites (tertiary alicyclic amines) is 1. The van der Waals surface area contributed by atoms with Gasteiger partial charge in [0.15, 0.2) is 0 Å². The highest BCUT2D eigenvalue weighted by atomic mass is 16.5. The molecule has 0 saturated carbocycles. The third-order valence-corrected chi connectivity index (χ3v) is 4.02. The second-order valence-corrected chi connectivity index (χ2v) is 6.35. The Bertz CT molecular complexity index is 584. The van der Waals surface area contributed by atoms with E-state index in [2.05, 4.69) is 0 Å². The Morgan fingerprint density at radius 1 is 1.35 bits per heavy atom. The van der Waals surface area contributed by atoms with Gasteiger partial charge in [0.25, 0.3) is 0 Å². The Hall–Kier alpha value is -2.24. The van der Waals surface area contributed by atoms with Crippen molar-refractivity contribution >= 4 is 11.9 Å². The highest BCUT2D eigenvalue weighted by Gasteiger charge is 2.41. The molecule has 2 rings (SSSR count). The van der Waals surface area contributed by atoms with Crippen LogP contribution in [-0.4, -0.2) is 48.2 Å². The van der Waals surface area contributed by atoms with Crippen LogP contribution >= 0.6 is 0 Å². The first-order valence-corrected chi connectivity index (χ1v) is 7.66. The highest BCUT2D eigenvalue weighted by Crippen LogP contribution is 2.28. The zero-order chi connectivity index (χ0) is 17.0. The van der Waals surface area contributed by atoms with Crippen LogP contribution in [0.3, 0.4) is 0 Å². The first-order valence-electron chi connectivity index (χ1n) is 7.66. The van der Waals surface area contributed by atoms with Gasteiger partial charge < -0.3 is 19.5 Å². The van der Waals surface area contributed by atoms with E-state index in [4.69, 9.17) is 9.47 Å². The summed E-state index contributed by atoms with van der Waals surface area (Å²) in [6, 6.07) is 6.43. The molecule has 0 spiro atoms. The maximum Gasteiger partial charge on any atom is 0.326 e. The lowest BCUT2D eigenvalue weighted by Gasteiger charge is -2.31. The third-order valence-electron chi connectivity index (χ3n) is 4.02. The number of amides is 1. The minimum absolute atomic E-state index is 0.168. The molecule has 1 unspecified atom stereocenters. The fourth-order valence-corrected chi connectivity index (χ4v) is 2.67. The zero-order valence-corrected chi connectivity index (χ0v) is 13.7. The van der Waals surface area contributed by atoms with E-state index >= 15 is 0 Å². The van der Waals surface area contributed by atoms with Gasteiger partial charge in [-0.2, -0.15) is 0 Å². The van der Waals surface area contributed by atoms with Crippen LogP contribution in [0.15, 0.2) is 24.3 Å². The van der Waals surface area contributed by atoms with E-state index in [0.717, 1.165) is 6.42 Å². The number of benzene rings is 1. The summed E-state index contributed by atoms with van der Waals surface area (Å²) in [5, 5.41) is 9.22. The molecule has 0 aliphatic carbocycles. The highest BCUT2D eigenvalue weighted by molar-refractivity contribution is 5.87. The second-order valence-electron chi connectivity index (χ2n) is 6.35. The van der Waals surface area contributed by atoms with Crippen molar-refractivity contribution in [2.45, 2.75) is 32.7 Å². The second kappa shape index (κ2) is 6.89. The van der Waals surface area contributed by atoms with Gasteiger partial charge in [-0.05, 0) is 38.8 Å². The quantitative estimate of drug-likeness (QED) is 0.869. The maximum atomic E-state index is 12.7. The van der Waals surface area contributed by atoms with Crippen LogP contribution in [0.25, 0.3) is 0 Å². The molecule has 1 amide bonds. The predicted molar refractivity (Wildman–Crippen MR) is 84.6 cm³/mol. The number of aliphatic carboxylic acids is 1. The van der Waals surface area contributed by atoms with Crippen molar-refractivity contribution in [3.63, 3.8) is 0 Å². The zero-order valence-electron chi connectivity index (χ0n) is 13.7. The van der Waals surface area contributed by atoms with E-state index in [0.29, 0.717) is 24.5 Å². The fraction of sp³-hybridized carbons (Fsp3) is 0.529. The molecule has 1 fully saturated rings. The average Bonchev–Trinajstić information content (AvgIpc) is 3.02. The van der Waals surface area contributed by atoms with Gasteiger partial charge in [-0.15, -0.1) is 0 Å². The number of methoxy groups -OCH3 is 1. The number of carbonyl (C=O) groups is 2. The molecule has 0 aromatic heterocycles. The molecule has 1 aromatic rings. The number of hydrogen-bond donors (Lipinski definition) is 1. The summed E-state index contributed by atoms with van der Waals surface area (Å²) in [6.07, 6.45) is 1.23. The van der Waals surface area contributed by atoms with E-state index in [1.165, 1.54) is 4.90 Å². The number of ether oxygens (including phenoxy) is 2. The summed E-state index contributed by atoms with van der Waals surface area (Å²) >= 11 is 0. The summed E-state index contributed by atoms with van der Waals surface area (Å²) in [6.45, 7) is 4.19. The van der Waals surface area contributed by atoms with Gasteiger partial charge in [0, 0.05) is 12.6 Å². The lowest BCUT2D eigenvalue weighted by molar-refractivity contribution is -0.153. The van der Waals surface area contributed by atoms with Crippen molar-refractivity contribution in [1.82, 2.24) is 4.90 Å². The molecule has 1 heterocycles. The Morgan fingerprint density at radius 3 is 2.70 bits per heavy atom. The van der Waals surface area contributed by atoms with Crippen LogP contribution < -0.4 is 9.47 Å². The predicted octanol–water partition coefficient (Wildman–Crippen LogP) is 2.18. The molecule has 1 aromatic carbocycles. The van der Waals surface area contributed by atoms with Gasteiger partial charge in [-0.25, -0.2) is 4.79 Å². The summed E-state index contributed by atoms with van der Waals surface area (Å²) in [4.78, 5) is 25.4. The topological polar surface area (TPSA) is 76.1 Å². The molecule has 1 aliphatic heterocycles. The van der Waals surface area contributed by atoms with E-state index in [1.54, 1.807) is 33.1 Å². The van der Waals surface area contributed by atoms with E-state index < -0.39 is 17.4 Å². The molecule has 0 radical (unpaired) electrons. The third kappa shape index (κ3) is 3.94. The molecule has 1 N–H and O–H groups in total. The lowest BCUT2D eigenvalue weighted by atomic mass is 9.92. The SMILES string of the molecule is COc1cccc(OCC(C)(C)C(=O)N2CCCC2C(=O)O)c1. The minimum Gasteiger partial charge on any atom is -0.497 e. The number of carbonyl (C=O) groups excluding carboxylic acids is 1. The Kier molecular flexibility index (Phi) is 5.13. The van der Waals surface area contributed by atoms with Crippen molar-refractivity contribution in [1.29, 1.82) is 0 Å². The summed E-state index contributed by atoms with van der Waals surface area (Å²) in [5.74, 6) is 0.157. The largest absolute Gasteiger partial charge is 0.497 e. The van der Waals surface area contributed by atoms with Crippen LogP contribution in [0.2, 0.25) is 0 Å². The van der Waals surface area contributed by atoms with E-state index in [9.17, 15) is 14.7 Å². The molecule has 1 saturated heterocycles. The molecule has 6 nitrogen and oxygen atoms in total. The van der Waals surface area contributed by atoms with Gasteiger partial charge in [-0.3, -0.25) is 4.79 Å². The van der Waals surface area contributed by atoms with Crippen molar-refractivity contribution in [2.75, 3.05) is 20.3 Å². The Morgan fingerprint density at radius 2 is 2.04 bits per heavy atom. The van der Waals surface area contributed by atoms with E-state index in [1.807, 2.05) is 12.1 Å². The van der Waals surface area contributed by atoms with Crippen LogP contribution in [-0.2, 0) is 9.59 Å². The number of rotatable bonds is 6. The number of nitrogens with zero attached hydrogens (tertiary/aromatic N) is 1. The smallest absolute Gasteiger partial charge is 0.326 e. The van der Waals surface area contributed by atoms with Gasteiger partial charge in [0.1, 0.15) is 24.1 Å². The maximum absolute atomic E-state index is 12.7. The van der Waals surface area contributed by atoms with Crippen LogP contribution in [0.5, 0.6) is 11.5 Å². The molecule has 1 atom stereocenters. The molecule has 6 heteroatoms. The standard InChI is InChI=1S/C17H23NO5/c1-17(2,11-23-13-7-4-6-12(10-13)22-3)16(21)18-9-5-8-14(18)15(19)20/h4,6-7,10,14H,5,8-9,11H2,1-3H3,(H,19,20). The van der Waals surface area contributed by atoms with Crippen LogP contribution in [0.1, 0.15) is 26.7 Å². The molecule has 23 heavy (non-hydrogen) atoms. The molecular formula is C17H23NO5. The van der Waals surface area contributed by atoms with Gasteiger partial charge in [-0.1, -0.05) is 6.07 Å². The summed E-state index contributed by atoms with van der Waals surface area (Å²) < 4.78 is 10.9. The van der Waals surface area contributed by atoms with E-state index in [-0.39, 0.29) is 12.5 Å².